The molecular formula is C13H15NO. The highest BCUT2D eigenvalue weighted by Gasteiger charge is 2.24. The number of hydrogen-bond acceptors (Lipinski definition) is 2. The van der Waals surface area contributed by atoms with Crippen LogP contribution in [0.4, 0.5) is 0 Å². The number of rotatable bonds is 3. The zero-order valence-electron chi connectivity index (χ0n) is 8.70. The van der Waals surface area contributed by atoms with Gasteiger partial charge in [-0.1, -0.05) is 30.3 Å². The molecule has 0 bridgehead atoms. The molecule has 15 heavy (non-hydrogen) atoms. The highest BCUT2D eigenvalue weighted by atomic mass is 16.1. The third-order valence-electron chi connectivity index (χ3n) is 2.83. The van der Waals surface area contributed by atoms with Crippen molar-refractivity contribution in [3.05, 3.63) is 48.0 Å². The van der Waals surface area contributed by atoms with Crippen LogP contribution in [-0.4, -0.2) is 12.3 Å². The lowest BCUT2D eigenvalue weighted by Crippen LogP contribution is -2.32. The zero-order valence-corrected chi connectivity index (χ0v) is 8.70. The Hall–Kier alpha value is -1.41. The van der Waals surface area contributed by atoms with E-state index in [0.29, 0.717) is 6.42 Å². The Morgan fingerprint density at radius 3 is 3.13 bits per heavy atom. The fraction of sp³-hybridized carbons (Fsp3) is 0.308. The van der Waals surface area contributed by atoms with Gasteiger partial charge in [0.25, 0.3) is 0 Å². The van der Waals surface area contributed by atoms with Gasteiger partial charge in [-0.2, -0.15) is 0 Å². The molecule has 0 saturated heterocycles. The summed E-state index contributed by atoms with van der Waals surface area (Å²) in [7, 11) is 0. The first-order valence-corrected chi connectivity index (χ1v) is 5.25. The van der Waals surface area contributed by atoms with E-state index >= 15 is 0 Å². The van der Waals surface area contributed by atoms with Crippen LogP contribution in [0.25, 0.3) is 0 Å². The van der Waals surface area contributed by atoms with Crippen LogP contribution in [0.3, 0.4) is 0 Å². The van der Waals surface area contributed by atoms with E-state index in [1.54, 1.807) is 6.08 Å². The first kappa shape index (κ1) is 10.1. The predicted molar refractivity (Wildman–Crippen MR) is 60.7 cm³/mol. The molecule has 2 heteroatoms. The number of allylic oxidation sites excluding steroid dienone is 1. The Morgan fingerprint density at radius 1 is 1.53 bits per heavy atom. The van der Waals surface area contributed by atoms with Gasteiger partial charge in [-0.15, -0.1) is 6.58 Å². The molecule has 1 atom stereocenters. The molecule has 1 aromatic rings. The van der Waals surface area contributed by atoms with Crippen LogP contribution < -0.4 is 5.32 Å². The van der Waals surface area contributed by atoms with Crippen molar-refractivity contribution in [1.82, 2.24) is 5.32 Å². The number of benzene rings is 1. The summed E-state index contributed by atoms with van der Waals surface area (Å²) in [5.74, 6) is 0.262. The van der Waals surface area contributed by atoms with E-state index in [2.05, 4.69) is 24.0 Å². The number of carbonyl (C=O) groups is 1. The maximum atomic E-state index is 11.8. The lowest BCUT2D eigenvalue weighted by Gasteiger charge is -2.24. The Morgan fingerprint density at radius 2 is 2.33 bits per heavy atom. The summed E-state index contributed by atoms with van der Waals surface area (Å²) in [4.78, 5) is 11.8. The summed E-state index contributed by atoms with van der Waals surface area (Å²) in [5.41, 5.74) is 2.43. The average molecular weight is 201 g/mol. The SMILES string of the molecule is C=CCC(=O)C1CNCc2ccccc21. The molecule has 1 heterocycles. The van der Waals surface area contributed by atoms with Crippen molar-refractivity contribution >= 4 is 5.78 Å². The minimum absolute atomic E-state index is 0.00736. The summed E-state index contributed by atoms with van der Waals surface area (Å²) in [6.07, 6.45) is 2.14. The molecule has 0 aliphatic carbocycles. The van der Waals surface area contributed by atoms with E-state index < -0.39 is 0 Å². The number of Topliss-reactive ketones (excluding diaryl/α,β-unsaturated/α-hetero) is 1. The first-order chi connectivity index (χ1) is 7.33. The van der Waals surface area contributed by atoms with Gasteiger partial charge in [0.2, 0.25) is 0 Å². The third kappa shape index (κ3) is 2.00. The molecule has 0 saturated carbocycles. The largest absolute Gasteiger partial charge is 0.312 e. The molecular weight excluding hydrogens is 186 g/mol. The monoisotopic (exact) mass is 201 g/mol. The van der Waals surface area contributed by atoms with Crippen LogP contribution in [0.15, 0.2) is 36.9 Å². The Labute approximate surface area is 90.0 Å². The minimum Gasteiger partial charge on any atom is -0.312 e. The van der Waals surface area contributed by atoms with Gasteiger partial charge in [-0.05, 0) is 11.1 Å². The van der Waals surface area contributed by atoms with Gasteiger partial charge in [-0.3, -0.25) is 4.79 Å². The highest BCUT2D eigenvalue weighted by Crippen LogP contribution is 2.25. The van der Waals surface area contributed by atoms with Crippen LogP contribution in [0.5, 0.6) is 0 Å². The third-order valence-corrected chi connectivity index (χ3v) is 2.83. The number of carbonyl (C=O) groups excluding carboxylic acids is 1. The second-order valence-electron chi connectivity index (χ2n) is 3.84. The Balaban J connectivity index is 2.29. The normalized spacial score (nSPS) is 19.3. The summed E-state index contributed by atoms with van der Waals surface area (Å²) < 4.78 is 0. The van der Waals surface area contributed by atoms with E-state index in [1.807, 2.05) is 12.1 Å². The molecule has 0 fully saturated rings. The van der Waals surface area contributed by atoms with Gasteiger partial charge in [0.1, 0.15) is 5.78 Å². The molecule has 1 N–H and O–H groups in total. The number of hydrogen-bond donors (Lipinski definition) is 1. The lowest BCUT2D eigenvalue weighted by molar-refractivity contribution is -0.119. The number of nitrogens with one attached hydrogen (secondary N) is 1. The molecule has 2 rings (SSSR count). The molecule has 0 aromatic heterocycles. The van der Waals surface area contributed by atoms with Gasteiger partial charge in [0.15, 0.2) is 0 Å². The molecule has 0 spiro atoms. The molecule has 1 unspecified atom stereocenters. The van der Waals surface area contributed by atoms with Crippen molar-refractivity contribution in [2.24, 2.45) is 0 Å². The van der Waals surface area contributed by atoms with E-state index in [4.69, 9.17) is 0 Å². The van der Waals surface area contributed by atoms with E-state index in [9.17, 15) is 4.79 Å². The van der Waals surface area contributed by atoms with Crippen molar-refractivity contribution in [1.29, 1.82) is 0 Å². The van der Waals surface area contributed by atoms with Gasteiger partial charge in [-0.25, -0.2) is 0 Å². The van der Waals surface area contributed by atoms with Gasteiger partial charge < -0.3 is 5.32 Å². The Bertz CT molecular complexity index is 384. The second-order valence-corrected chi connectivity index (χ2v) is 3.84. The number of fused-ring (bicyclic) bond motifs is 1. The van der Waals surface area contributed by atoms with Crippen molar-refractivity contribution in [2.75, 3.05) is 6.54 Å². The molecule has 78 valence electrons. The van der Waals surface area contributed by atoms with Gasteiger partial charge in [0, 0.05) is 19.5 Å². The fourth-order valence-electron chi connectivity index (χ4n) is 2.07. The summed E-state index contributed by atoms with van der Waals surface area (Å²) >= 11 is 0. The molecule has 2 nitrogen and oxygen atoms in total. The topological polar surface area (TPSA) is 29.1 Å². The molecule has 1 aliphatic heterocycles. The molecule has 0 amide bonds. The van der Waals surface area contributed by atoms with Crippen molar-refractivity contribution in [3.8, 4) is 0 Å². The van der Waals surface area contributed by atoms with Gasteiger partial charge in [0.05, 0.1) is 5.92 Å². The van der Waals surface area contributed by atoms with Crippen molar-refractivity contribution in [2.45, 2.75) is 18.9 Å². The summed E-state index contributed by atoms with van der Waals surface area (Å²) in [6, 6.07) is 8.15. The summed E-state index contributed by atoms with van der Waals surface area (Å²) in [6.45, 7) is 5.23. The van der Waals surface area contributed by atoms with Crippen molar-refractivity contribution in [3.63, 3.8) is 0 Å². The van der Waals surface area contributed by atoms with Crippen LogP contribution in [0.1, 0.15) is 23.5 Å². The maximum Gasteiger partial charge on any atom is 0.145 e. The predicted octanol–water partition coefficient (Wildman–Crippen LogP) is 2.02. The number of ketones is 1. The van der Waals surface area contributed by atoms with Crippen LogP contribution in [-0.2, 0) is 11.3 Å². The van der Waals surface area contributed by atoms with E-state index in [-0.39, 0.29) is 11.7 Å². The Kier molecular flexibility index (Phi) is 2.97. The van der Waals surface area contributed by atoms with Gasteiger partial charge >= 0.3 is 0 Å². The average Bonchev–Trinajstić information content (AvgIpc) is 2.28. The van der Waals surface area contributed by atoms with E-state index in [1.165, 1.54) is 11.1 Å². The summed E-state index contributed by atoms with van der Waals surface area (Å²) in [5, 5.41) is 3.28. The maximum absolute atomic E-state index is 11.8. The van der Waals surface area contributed by atoms with Crippen LogP contribution in [0, 0.1) is 0 Å². The van der Waals surface area contributed by atoms with E-state index in [0.717, 1.165) is 13.1 Å². The standard InChI is InChI=1S/C13H15NO/c1-2-5-13(15)12-9-14-8-10-6-3-4-7-11(10)12/h2-4,6-7,12,14H,1,5,8-9H2. The van der Waals surface area contributed by atoms with Crippen LogP contribution >= 0.6 is 0 Å². The highest BCUT2D eigenvalue weighted by molar-refractivity contribution is 5.87. The van der Waals surface area contributed by atoms with Crippen molar-refractivity contribution < 1.29 is 4.79 Å². The lowest BCUT2D eigenvalue weighted by atomic mass is 9.87. The second kappa shape index (κ2) is 4.41. The molecule has 0 radical (unpaired) electrons. The quantitative estimate of drug-likeness (QED) is 0.758. The molecule has 1 aromatic carbocycles. The minimum atomic E-state index is 0.00736. The first-order valence-electron chi connectivity index (χ1n) is 5.25. The zero-order chi connectivity index (χ0) is 10.7. The smallest absolute Gasteiger partial charge is 0.145 e. The fourth-order valence-corrected chi connectivity index (χ4v) is 2.07. The molecule has 1 aliphatic rings. The van der Waals surface area contributed by atoms with Crippen LogP contribution in [0.2, 0.25) is 0 Å².